The Kier molecular flexibility index (Phi) is 5.98. The van der Waals surface area contributed by atoms with Crippen molar-refractivity contribution in [1.29, 1.82) is 0 Å². The first-order chi connectivity index (χ1) is 11.4. The molecule has 2 atom stereocenters. The highest BCUT2D eigenvalue weighted by atomic mass is 32.2. The van der Waals surface area contributed by atoms with Crippen molar-refractivity contribution in [2.75, 3.05) is 31.9 Å². The summed E-state index contributed by atoms with van der Waals surface area (Å²) in [6.07, 6.45) is 1.70. The lowest BCUT2D eigenvalue weighted by atomic mass is 9.98. The van der Waals surface area contributed by atoms with Gasteiger partial charge in [0, 0.05) is 38.5 Å². The number of hydrogen-bond donors (Lipinski definition) is 1. The molecule has 2 heterocycles. The van der Waals surface area contributed by atoms with E-state index in [1.165, 1.54) is 0 Å². The first-order valence-electron chi connectivity index (χ1n) is 8.69. The number of nitrogens with zero attached hydrogens (tertiary/aromatic N) is 2. The maximum Gasteiger partial charge on any atom is 0.410 e. The maximum atomic E-state index is 12.2. The minimum Gasteiger partial charge on any atom is -0.444 e. The summed E-state index contributed by atoms with van der Waals surface area (Å²) < 4.78 is 27.8. The normalized spacial score (nSPS) is 25.4. The van der Waals surface area contributed by atoms with Crippen molar-refractivity contribution in [3.63, 3.8) is 0 Å². The van der Waals surface area contributed by atoms with E-state index in [2.05, 4.69) is 0 Å². The number of ether oxygens (including phenoxy) is 1. The molecule has 0 bridgehead atoms. The molecule has 9 heteroatoms. The number of amides is 2. The van der Waals surface area contributed by atoms with Crippen LogP contribution in [-0.4, -0.2) is 67.8 Å². The zero-order valence-corrected chi connectivity index (χ0v) is 16.0. The molecule has 0 aromatic carbocycles. The molecule has 0 radical (unpaired) electrons. The van der Waals surface area contributed by atoms with Crippen LogP contribution in [0.15, 0.2) is 0 Å². The van der Waals surface area contributed by atoms with E-state index >= 15 is 0 Å². The SMILES string of the molecule is CC(C)(C)OC(=O)N1CCCC(CN2CC(CS(N)(=O)=O)CC2=O)C1. The van der Waals surface area contributed by atoms with Gasteiger partial charge < -0.3 is 14.5 Å². The molecular formula is C16H29N3O5S. The standard InChI is InChI=1S/C16H29N3O5S/c1-16(2,3)24-15(21)18-6-4-5-12(8-18)9-19-10-13(7-14(19)20)11-25(17,22)23/h12-13H,4-11H2,1-3H3,(H2,17,22,23). The molecule has 2 unspecified atom stereocenters. The van der Waals surface area contributed by atoms with Gasteiger partial charge in [-0.15, -0.1) is 0 Å². The number of rotatable bonds is 4. The highest BCUT2D eigenvalue weighted by Gasteiger charge is 2.35. The Labute approximate surface area is 149 Å². The van der Waals surface area contributed by atoms with E-state index in [1.807, 2.05) is 20.8 Å². The third-order valence-electron chi connectivity index (χ3n) is 4.41. The highest BCUT2D eigenvalue weighted by molar-refractivity contribution is 7.89. The lowest BCUT2D eigenvalue weighted by molar-refractivity contribution is -0.128. The van der Waals surface area contributed by atoms with Gasteiger partial charge in [0.05, 0.1) is 5.75 Å². The van der Waals surface area contributed by atoms with Crippen LogP contribution in [0.4, 0.5) is 4.79 Å². The number of piperidine rings is 1. The number of carbonyl (C=O) groups excluding carboxylic acids is 2. The summed E-state index contributed by atoms with van der Waals surface area (Å²) >= 11 is 0. The Bertz CT molecular complexity index is 614. The number of primary sulfonamides is 1. The molecule has 0 aromatic rings. The summed E-state index contributed by atoms with van der Waals surface area (Å²) in [5.74, 6) is -0.265. The highest BCUT2D eigenvalue weighted by Crippen LogP contribution is 2.24. The fraction of sp³-hybridized carbons (Fsp3) is 0.875. The Morgan fingerprint density at radius 2 is 1.96 bits per heavy atom. The van der Waals surface area contributed by atoms with E-state index < -0.39 is 15.6 Å². The zero-order chi connectivity index (χ0) is 18.8. The van der Waals surface area contributed by atoms with Crippen LogP contribution in [0.25, 0.3) is 0 Å². The first kappa shape index (κ1) is 20.0. The molecule has 2 aliphatic rings. The first-order valence-corrected chi connectivity index (χ1v) is 10.4. The van der Waals surface area contributed by atoms with Gasteiger partial charge in [-0.05, 0) is 39.5 Å². The van der Waals surface area contributed by atoms with E-state index in [0.717, 1.165) is 12.8 Å². The van der Waals surface area contributed by atoms with Crippen molar-refractivity contribution in [1.82, 2.24) is 9.80 Å². The number of nitrogens with two attached hydrogens (primary N) is 1. The molecule has 0 aliphatic carbocycles. The van der Waals surface area contributed by atoms with E-state index in [9.17, 15) is 18.0 Å². The average Bonchev–Trinajstić information content (AvgIpc) is 2.74. The summed E-state index contributed by atoms with van der Waals surface area (Å²) in [6, 6.07) is 0. The molecular weight excluding hydrogens is 346 g/mol. The fourth-order valence-electron chi connectivity index (χ4n) is 3.49. The minimum atomic E-state index is -3.57. The topological polar surface area (TPSA) is 110 Å². The van der Waals surface area contributed by atoms with Gasteiger partial charge >= 0.3 is 6.09 Å². The van der Waals surface area contributed by atoms with E-state index in [4.69, 9.17) is 9.88 Å². The van der Waals surface area contributed by atoms with Gasteiger partial charge in [0.25, 0.3) is 0 Å². The van der Waals surface area contributed by atoms with Crippen LogP contribution >= 0.6 is 0 Å². The molecule has 2 aliphatic heterocycles. The minimum absolute atomic E-state index is 0.0389. The Morgan fingerprint density at radius 3 is 2.56 bits per heavy atom. The van der Waals surface area contributed by atoms with E-state index in [0.29, 0.717) is 26.2 Å². The molecule has 8 nitrogen and oxygen atoms in total. The van der Waals surface area contributed by atoms with Crippen molar-refractivity contribution < 1.29 is 22.7 Å². The summed E-state index contributed by atoms with van der Waals surface area (Å²) in [7, 11) is -3.57. The molecule has 2 amide bonds. The molecule has 2 N–H and O–H groups in total. The van der Waals surface area contributed by atoms with E-state index in [1.54, 1.807) is 9.80 Å². The fourth-order valence-corrected chi connectivity index (χ4v) is 4.37. The van der Waals surface area contributed by atoms with Gasteiger partial charge in [-0.2, -0.15) is 0 Å². The van der Waals surface area contributed by atoms with Crippen LogP contribution in [0, 0.1) is 11.8 Å². The summed E-state index contributed by atoms with van der Waals surface area (Å²) in [5.41, 5.74) is -0.532. The molecule has 0 spiro atoms. The van der Waals surface area contributed by atoms with Crippen LogP contribution in [0.3, 0.4) is 0 Å². The van der Waals surface area contributed by atoms with Crippen molar-refractivity contribution in [2.45, 2.75) is 45.6 Å². The largest absolute Gasteiger partial charge is 0.444 e. The van der Waals surface area contributed by atoms with Gasteiger partial charge in [0.15, 0.2) is 0 Å². The van der Waals surface area contributed by atoms with Crippen LogP contribution in [0.1, 0.15) is 40.0 Å². The van der Waals surface area contributed by atoms with Crippen LogP contribution in [-0.2, 0) is 19.6 Å². The monoisotopic (exact) mass is 375 g/mol. The van der Waals surface area contributed by atoms with Crippen LogP contribution < -0.4 is 5.14 Å². The quantitative estimate of drug-likeness (QED) is 0.780. The van der Waals surface area contributed by atoms with E-state index in [-0.39, 0.29) is 36.0 Å². The molecule has 144 valence electrons. The van der Waals surface area contributed by atoms with Gasteiger partial charge in [0.1, 0.15) is 5.60 Å². The zero-order valence-electron chi connectivity index (χ0n) is 15.2. The number of likely N-dealkylation sites (tertiary alicyclic amines) is 2. The summed E-state index contributed by atoms with van der Waals surface area (Å²) in [5, 5.41) is 5.08. The van der Waals surface area contributed by atoms with Crippen LogP contribution in [0.5, 0.6) is 0 Å². The second kappa shape index (κ2) is 7.49. The lowest BCUT2D eigenvalue weighted by Crippen LogP contribution is -2.45. The average molecular weight is 375 g/mol. The van der Waals surface area contributed by atoms with Gasteiger partial charge in [0.2, 0.25) is 15.9 Å². The molecule has 2 rings (SSSR count). The third-order valence-corrected chi connectivity index (χ3v) is 5.35. The van der Waals surface area contributed by atoms with Crippen LogP contribution in [0.2, 0.25) is 0 Å². The van der Waals surface area contributed by atoms with Crippen molar-refractivity contribution in [3.8, 4) is 0 Å². The van der Waals surface area contributed by atoms with Crippen molar-refractivity contribution >= 4 is 22.0 Å². The predicted molar refractivity (Wildman–Crippen MR) is 93.2 cm³/mol. The smallest absolute Gasteiger partial charge is 0.410 e. The lowest BCUT2D eigenvalue weighted by Gasteiger charge is -2.35. The molecule has 2 saturated heterocycles. The van der Waals surface area contributed by atoms with Gasteiger partial charge in [-0.25, -0.2) is 18.4 Å². The molecule has 0 aromatic heterocycles. The Hall–Kier alpha value is -1.35. The predicted octanol–water partition coefficient (Wildman–Crippen LogP) is 0.771. The number of sulfonamides is 1. The molecule has 2 fully saturated rings. The second-order valence-electron chi connectivity index (χ2n) is 8.13. The van der Waals surface area contributed by atoms with Crippen molar-refractivity contribution in [2.24, 2.45) is 17.0 Å². The maximum absolute atomic E-state index is 12.2. The number of carbonyl (C=O) groups is 2. The molecule has 25 heavy (non-hydrogen) atoms. The molecule has 0 saturated carbocycles. The number of hydrogen-bond acceptors (Lipinski definition) is 5. The summed E-state index contributed by atoms with van der Waals surface area (Å²) in [4.78, 5) is 27.7. The second-order valence-corrected chi connectivity index (χ2v) is 9.79. The Morgan fingerprint density at radius 1 is 1.28 bits per heavy atom. The third kappa shape index (κ3) is 6.47. The van der Waals surface area contributed by atoms with Gasteiger partial charge in [-0.1, -0.05) is 0 Å². The van der Waals surface area contributed by atoms with Gasteiger partial charge in [-0.3, -0.25) is 4.79 Å². The Balaban J connectivity index is 1.88. The van der Waals surface area contributed by atoms with Crippen molar-refractivity contribution in [3.05, 3.63) is 0 Å². The summed E-state index contributed by atoms with van der Waals surface area (Å²) in [6.45, 7) is 7.67.